The van der Waals surface area contributed by atoms with Crippen molar-refractivity contribution in [3.63, 3.8) is 0 Å². The first kappa shape index (κ1) is 21.2. The standard InChI is InChI=1S/C23H28N2.C2H6/c1-3-19-4-8-21(9-5-19)22-10-6-20(7-11-22)18-25-16-13-23(2,12-15-24)14-17-25;1-2/h4-11H,3,12-14,16-18H2,1-2H3;1-2H3. The Balaban J connectivity index is 0.00000126. The van der Waals surface area contributed by atoms with Crippen LogP contribution in [0.4, 0.5) is 0 Å². The average Bonchev–Trinajstić information content (AvgIpc) is 2.72. The SMILES string of the molecule is CC.CCc1ccc(-c2ccc(CN3CCC(C)(CC#N)CC3)cc2)cc1. The van der Waals surface area contributed by atoms with Gasteiger partial charge in [0.25, 0.3) is 0 Å². The van der Waals surface area contributed by atoms with Gasteiger partial charge in [-0.2, -0.15) is 5.26 Å². The van der Waals surface area contributed by atoms with Crippen LogP contribution in [-0.4, -0.2) is 18.0 Å². The maximum absolute atomic E-state index is 8.97. The van der Waals surface area contributed by atoms with Gasteiger partial charge < -0.3 is 0 Å². The van der Waals surface area contributed by atoms with Gasteiger partial charge in [-0.25, -0.2) is 0 Å². The second-order valence-corrected chi connectivity index (χ2v) is 7.67. The molecule has 1 aliphatic heterocycles. The van der Waals surface area contributed by atoms with Gasteiger partial charge in [-0.3, -0.25) is 4.90 Å². The molecule has 1 fully saturated rings. The van der Waals surface area contributed by atoms with Crippen LogP contribution in [0, 0.1) is 16.7 Å². The molecule has 1 saturated heterocycles. The van der Waals surface area contributed by atoms with Crippen LogP contribution in [0.1, 0.15) is 58.1 Å². The molecule has 0 amide bonds. The van der Waals surface area contributed by atoms with E-state index in [2.05, 4.69) is 73.3 Å². The quantitative estimate of drug-likeness (QED) is 0.610. The maximum Gasteiger partial charge on any atom is 0.0627 e. The Morgan fingerprint density at radius 1 is 0.889 bits per heavy atom. The molecule has 0 N–H and O–H groups in total. The molecule has 1 aliphatic rings. The number of nitrogens with zero attached hydrogens (tertiary/aromatic N) is 2. The van der Waals surface area contributed by atoms with E-state index in [1.807, 2.05) is 13.8 Å². The summed E-state index contributed by atoms with van der Waals surface area (Å²) in [5.41, 5.74) is 5.55. The fourth-order valence-corrected chi connectivity index (χ4v) is 3.61. The van der Waals surface area contributed by atoms with E-state index in [1.165, 1.54) is 22.3 Å². The molecular weight excluding hydrogens is 328 g/mol. The lowest BCUT2D eigenvalue weighted by atomic mass is 9.78. The van der Waals surface area contributed by atoms with Crippen molar-refractivity contribution in [2.75, 3.05) is 13.1 Å². The van der Waals surface area contributed by atoms with Crippen LogP contribution in [0.25, 0.3) is 11.1 Å². The van der Waals surface area contributed by atoms with Crippen molar-refractivity contribution in [3.05, 3.63) is 59.7 Å². The van der Waals surface area contributed by atoms with Gasteiger partial charge in [0.1, 0.15) is 0 Å². The average molecular weight is 363 g/mol. The van der Waals surface area contributed by atoms with Gasteiger partial charge in [-0.1, -0.05) is 76.2 Å². The third kappa shape index (κ3) is 5.94. The number of nitriles is 1. The van der Waals surface area contributed by atoms with E-state index in [1.54, 1.807) is 0 Å². The Morgan fingerprint density at radius 2 is 1.37 bits per heavy atom. The van der Waals surface area contributed by atoms with Gasteiger partial charge in [0.15, 0.2) is 0 Å². The van der Waals surface area contributed by atoms with Crippen molar-refractivity contribution in [2.24, 2.45) is 5.41 Å². The molecule has 0 aromatic heterocycles. The fourth-order valence-electron chi connectivity index (χ4n) is 3.61. The number of likely N-dealkylation sites (tertiary alicyclic amines) is 1. The third-order valence-corrected chi connectivity index (χ3v) is 5.62. The molecule has 0 spiro atoms. The number of rotatable bonds is 5. The topological polar surface area (TPSA) is 27.0 Å². The van der Waals surface area contributed by atoms with Crippen LogP contribution in [0.15, 0.2) is 48.5 Å². The predicted octanol–water partition coefficient (Wildman–Crippen LogP) is 6.46. The van der Waals surface area contributed by atoms with Gasteiger partial charge in [0, 0.05) is 13.0 Å². The highest BCUT2D eigenvalue weighted by Gasteiger charge is 2.29. The number of piperidine rings is 1. The first-order valence-corrected chi connectivity index (χ1v) is 10.4. The first-order chi connectivity index (χ1) is 13.1. The van der Waals surface area contributed by atoms with Gasteiger partial charge in [-0.15, -0.1) is 0 Å². The summed E-state index contributed by atoms with van der Waals surface area (Å²) in [7, 11) is 0. The zero-order chi connectivity index (χ0) is 19.7. The number of hydrogen-bond acceptors (Lipinski definition) is 2. The predicted molar refractivity (Wildman–Crippen MR) is 115 cm³/mol. The monoisotopic (exact) mass is 362 g/mol. The number of benzene rings is 2. The Morgan fingerprint density at radius 3 is 1.81 bits per heavy atom. The Bertz CT molecular complexity index is 714. The summed E-state index contributed by atoms with van der Waals surface area (Å²) in [6.45, 7) is 11.6. The molecule has 0 unspecified atom stereocenters. The molecular formula is C25H34N2. The van der Waals surface area contributed by atoms with Crippen molar-refractivity contribution < 1.29 is 0 Å². The third-order valence-electron chi connectivity index (χ3n) is 5.62. The minimum Gasteiger partial charge on any atom is -0.299 e. The molecule has 2 heteroatoms. The summed E-state index contributed by atoms with van der Waals surface area (Å²) in [5.74, 6) is 0. The zero-order valence-electron chi connectivity index (χ0n) is 17.5. The molecule has 2 aromatic rings. The second-order valence-electron chi connectivity index (χ2n) is 7.67. The van der Waals surface area contributed by atoms with E-state index in [-0.39, 0.29) is 5.41 Å². The number of aryl methyl sites for hydroxylation is 1. The van der Waals surface area contributed by atoms with Crippen LogP contribution >= 0.6 is 0 Å². The van der Waals surface area contributed by atoms with Crippen molar-refractivity contribution >= 4 is 0 Å². The van der Waals surface area contributed by atoms with E-state index in [9.17, 15) is 0 Å². The van der Waals surface area contributed by atoms with E-state index in [4.69, 9.17) is 5.26 Å². The van der Waals surface area contributed by atoms with E-state index >= 15 is 0 Å². The smallest absolute Gasteiger partial charge is 0.0627 e. The lowest BCUT2D eigenvalue weighted by molar-refractivity contribution is 0.116. The molecule has 1 heterocycles. The zero-order valence-corrected chi connectivity index (χ0v) is 17.5. The summed E-state index contributed by atoms with van der Waals surface area (Å²) in [4.78, 5) is 2.52. The molecule has 0 bridgehead atoms. The van der Waals surface area contributed by atoms with E-state index in [0.717, 1.165) is 38.9 Å². The molecule has 0 aliphatic carbocycles. The van der Waals surface area contributed by atoms with E-state index < -0.39 is 0 Å². The van der Waals surface area contributed by atoms with Crippen molar-refractivity contribution in [2.45, 2.75) is 59.9 Å². The minimum atomic E-state index is 0.222. The molecule has 0 radical (unpaired) electrons. The number of hydrogen-bond donors (Lipinski definition) is 0. The van der Waals surface area contributed by atoms with Crippen molar-refractivity contribution in [1.82, 2.24) is 4.90 Å². The highest BCUT2D eigenvalue weighted by atomic mass is 15.1. The summed E-state index contributed by atoms with van der Waals surface area (Å²) < 4.78 is 0. The molecule has 0 saturated carbocycles. The maximum atomic E-state index is 8.97. The Kier molecular flexibility index (Phi) is 8.07. The summed E-state index contributed by atoms with van der Waals surface area (Å²) in [6.07, 6.45) is 4.03. The van der Waals surface area contributed by atoms with Gasteiger partial charge >= 0.3 is 0 Å². The molecule has 3 rings (SSSR count). The van der Waals surface area contributed by atoms with Crippen LogP contribution in [0.5, 0.6) is 0 Å². The highest BCUT2D eigenvalue weighted by Crippen LogP contribution is 2.34. The lowest BCUT2D eigenvalue weighted by Gasteiger charge is -2.38. The van der Waals surface area contributed by atoms with E-state index in [0.29, 0.717) is 6.42 Å². The Hall–Kier alpha value is -2.11. The van der Waals surface area contributed by atoms with Crippen LogP contribution in [0.3, 0.4) is 0 Å². The van der Waals surface area contributed by atoms with Crippen molar-refractivity contribution in [1.29, 1.82) is 5.26 Å². The first-order valence-electron chi connectivity index (χ1n) is 10.4. The van der Waals surface area contributed by atoms with Gasteiger partial charge in [-0.05, 0) is 60.0 Å². The highest BCUT2D eigenvalue weighted by molar-refractivity contribution is 5.63. The Labute approximate surface area is 165 Å². The normalized spacial score (nSPS) is 16.1. The van der Waals surface area contributed by atoms with Crippen LogP contribution in [0.2, 0.25) is 0 Å². The molecule has 144 valence electrons. The van der Waals surface area contributed by atoms with Gasteiger partial charge in [0.2, 0.25) is 0 Å². The van der Waals surface area contributed by atoms with Crippen molar-refractivity contribution in [3.8, 4) is 17.2 Å². The fraction of sp³-hybridized carbons (Fsp3) is 0.480. The lowest BCUT2D eigenvalue weighted by Crippen LogP contribution is -2.38. The minimum absolute atomic E-state index is 0.222. The molecule has 27 heavy (non-hydrogen) atoms. The van der Waals surface area contributed by atoms with Gasteiger partial charge in [0.05, 0.1) is 6.07 Å². The largest absolute Gasteiger partial charge is 0.299 e. The molecule has 2 nitrogen and oxygen atoms in total. The molecule has 0 atom stereocenters. The van der Waals surface area contributed by atoms with Crippen LogP contribution < -0.4 is 0 Å². The van der Waals surface area contributed by atoms with Crippen LogP contribution in [-0.2, 0) is 13.0 Å². The summed E-state index contributed by atoms with van der Waals surface area (Å²) in [5, 5.41) is 8.97. The molecule has 2 aromatic carbocycles. The second kappa shape index (κ2) is 10.3. The summed E-state index contributed by atoms with van der Waals surface area (Å²) in [6, 6.07) is 20.2. The summed E-state index contributed by atoms with van der Waals surface area (Å²) >= 11 is 0.